The number of rotatable bonds is 2. The highest BCUT2D eigenvalue weighted by Crippen LogP contribution is 2.26. The van der Waals surface area contributed by atoms with Gasteiger partial charge in [-0.05, 0) is 30.2 Å². The predicted molar refractivity (Wildman–Crippen MR) is 80.3 cm³/mol. The van der Waals surface area contributed by atoms with Crippen molar-refractivity contribution in [1.82, 2.24) is 0 Å². The second-order valence-electron chi connectivity index (χ2n) is 3.92. The fraction of sp³-hybridized carbons (Fsp3) is 0.250. The van der Waals surface area contributed by atoms with Gasteiger partial charge in [-0.2, -0.15) is 0 Å². The van der Waals surface area contributed by atoms with E-state index in [0.717, 1.165) is 5.56 Å². The minimum atomic E-state index is -1.05. The first-order chi connectivity index (χ1) is 9.09. The third-order valence-electron chi connectivity index (χ3n) is 2.67. The highest BCUT2D eigenvalue weighted by Gasteiger charge is 2.08. The summed E-state index contributed by atoms with van der Waals surface area (Å²) in [6, 6.07) is 12.5. The van der Waals surface area contributed by atoms with Gasteiger partial charge in [-0.1, -0.05) is 44.2 Å². The quantitative estimate of drug-likeness (QED) is 0.786. The maximum atomic E-state index is 13.9. The van der Waals surface area contributed by atoms with Crippen LogP contribution < -0.4 is 0 Å². The van der Waals surface area contributed by atoms with Gasteiger partial charge in [0.15, 0.2) is 0 Å². The molecule has 0 aliphatic carbocycles. The minimum absolute atomic E-state index is 0.216. The maximum absolute atomic E-state index is 13.9. The van der Waals surface area contributed by atoms with Gasteiger partial charge in [-0.3, -0.25) is 4.21 Å². The van der Waals surface area contributed by atoms with Crippen molar-refractivity contribution in [1.29, 1.82) is 0 Å². The van der Waals surface area contributed by atoms with Gasteiger partial charge < -0.3 is 0 Å². The molecule has 0 saturated carbocycles. The normalized spacial score (nSPS) is 11.4. The van der Waals surface area contributed by atoms with Gasteiger partial charge in [0.1, 0.15) is 5.82 Å². The fourth-order valence-corrected chi connectivity index (χ4v) is 2.28. The number of hydrogen-bond acceptors (Lipinski definition) is 1. The van der Waals surface area contributed by atoms with Gasteiger partial charge >= 0.3 is 0 Å². The molecule has 0 aliphatic rings. The molecule has 0 amide bonds. The molecule has 0 saturated heterocycles. The molecule has 0 N–H and O–H groups in total. The lowest BCUT2D eigenvalue weighted by Gasteiger charge is -2.07. The lowest BCUT2D eigenvalue weighted by atomic mass is 10.0. The van der Waals surface area contributed by atoms with Crippen molar-refractivity contribution in [2.75, 3.05) is 6.26 Å². The predicted octanol–water partition coefficient (Wildman–Crippen LogP) is 4.56. The van der Waals surface area contributed by atoms with Gasteiger partial charge in [-0.25, -0.2) is 4.39 Å². The Hall–Kier alpha value is -1.48. The molecule has 0 aliphatic heterocycles. The van der Waals surface area contributed by atoms with Gasteiger partial charge in [0.05, 0.1) is 0 Å². The monoisotopic (exact) mass is 278 g/mol. The second kappa shape index (κ2) is 7.19. The van der Waals surface area contributed by atoms with Gasteiger partial charge in [0.25, 0.3) is 0 Å². The molecule has 1 atom stereocenters. The van der Waals surface area contributed by atoms with Crippen LogP contribution in [0.3, 0.4) is 0 Å². The highest BCUT2D eigenvalue weighted by molar-refractivity contribution is 7.84. The van der Waals surface area contributed by atoms with Crippen LogP contribution in [0.5, 0.6) is 0 Å². The van der Waals surface area contributed by atoms with Gasteiger partial charge in [-0.15, -0.1) is 0 Å². The Labute approximate surface area is 116 Å². The third kappa shape index (κ3) is 3.74. The van der Waals surface area contributed by atoms with Crippen LogP contribution in [0.25, 0.3) is 11.1 Å². The van der Waals surface area contributed by atoms with Crippen LogP contribution in [0.15, 0.2) is 47.4 Å². The van der Waals surface area contributed by atoms with E-state index in [0.29, 0.717) is 16.0 Å². The molecule has 3 heteroatoms. The Morgan fingerprint density at radius 3 is 2.32 bits per heavy atom. The number of aryl methyl sites for hydroxylation is 1. The van der Waals surface area contributed by atoms with Crippen molar-refractivity contribution in [2.45, 2.75) is 25.7 Å². The fourth-order valence-electron chi connectivity index (χ4n) is 1.71. The summed E-state index contributed by atoms with van der Waals surface area (Å²) in [4.78, 5) is 0.711. The smallest absolute Gasteiger partial charge is 0.133 e. The molecule has 2 rings (SSSR count). The van der Waals surface area contributed by atoms with E-state index in [9.17, 15) is 8.60 Å². The van der Waals surface area contributed by atoms with E-state index < -0.39 is 10.8 Å². The molecular formula is C16H19FOS. The zero-order chi connectivity index (χ0) is 14.4. The van der Waals surface area contributed by atoms with Crippen LogP contribution in [0, 0.1) is 12.7 Å². The van der Waals surface area contributed by atoms with Crippen molar-refractivity contribution in [3.63, 3.8) is 0 Å². The molecule has 102 valence electrons. The average Bonchev–Trinajstić information content (AvgIpc) is 2.44. The molecule has 19 heavy (non-hydrogen) atoms. The molecule has 0 spiro atoms. The molecule has 0 aromatic heterocycles. The van der Waals surface area contributed by atoms with Crippen molar-refractivity contribution in [2.24, 2.45) is 0 Å². The van der Waals surface area contributed by atoms with Crippen LogP contribution in [0.4, 0.5) is 4.39 Å². The third-order valence-corrected chi connectivity index (χ3v) is 3.59. The van der Waals surface area contributed by atoms with E-state index in [4.69, 9.17) is 0 Å². The Balaban J connectivity index is 0.000000861. The van der Waals surface area contributed by atoms with E-state index in [1.54, 1.807) is 43.5 Å². The van der Waals surface area contributed by atoms with E-state index in [1.807, 2.05) is 26.0 Å². The van der Waals surface area contributed by atoms with Crippen LogP contribution in [0.1, 0.15) is 19.4 Å². The Bertz CT molecular complexity index is 579. The number of benzene rings is 2. The van der Waals surface area contributed by atoms with Crippen LogP contribution in [-0.4, -0.2) is 10.5 Å². The maximum Gasteiger partial charge on any atom is 0.133 e. The topological polar surface area (TPSA) is 17.1 Å². The van der Waals surface area contributed by atoms with E-state index in [-0.39, 0.29) is 5.82 Å². The van der Waals surface area contributed by atoms with Crippen molar-refractivity contribution in [3.8, 4) is 11.1 Å². The first kappa shape index (κ1) is 15.6. The Kier molecular flexibility index (Phi) is 5.90. The summed E-state index contributed by atoms with van der Waals surface area (Å²) in [6.45, 7) is 5.74. The first-order valence-electron chi connectivity index (χ1n) is 6.28. The Morgan fingerprint density at radius 1 is 1.05 bits per heavy atom. The summed E-state index contributed by atoms with van der Waals surface area (Å²) in [5.41, 5.74) is 1.93. The summed E-state index contributed by atoms with van der Waals surface area (Å²) in [5.74, 6) is -0.216. The lowest BCUT2D eigenvalue weighted by molar-refractivity contribution is 0.622. The van der Waals surface area contributed by atoms with Gasteiger partial charge in [0, 0.05) is 27.5 Å². The number of hydrogen-bond donors (Lipinski definition) is 0. The first-order valence-corrected chi connectivity index (χ1v) is 7.84. The standard InChI is InChI=1S/C14H13FOS.C2H6/c1-10-5-3-8-13(14(10)15)11-6-4-7-12(9-11)17(2)16;1-2/h3-9H,1-2H3;1-2H3. The second-order valence-corrected chi connectivity index (χ2v) is 5.30. The summed E-state index contributed by atoms with van der Waals surface area (Å²) in [5, 5.41) is 0. The molecule has 2 aromatic rings. The highest BCUT2D eigenvalue weighted by atomic mass is 32.2. The van der Waals surface area contributed by atoms with Crippen LogP contribution in [0.2, 0.25) is 0 Å². The summed E-state index contributed by atoms with van der Waals surface area (Å²) >= 11 is 0. The van der Waals surface area contributed by atoms with Crippen LogP contribution in [-0.2, 0) is 10.8 Å². The summed E-state index contributed by atoms with van der Waals surface area (Å²) in [7, 11) is -1.05. The summed E-state index contributed by atoms with van der Waals surface area (Å²) < 4.78 is 25.3. The zero-order valence-corrected chi connectivity index (χ0v) is 12.6. The average molecular weight is 278 g/mol. The summed E-state index contributed by atoms with van der Waals surface area (Å²) in [6.07, 6.45) is 1.62. The molecule has 0 fully saturated rings. The number of halogens is 1. The molecule has 1 nitrogen and oxygen atoms in total. The zero-order valence-electron chi connectivity index (χ0n) is 11.7. The molecule has 1 unspecified atom stereocenters. The molecule has 0 radical (unpaired) electrons. The largest absolute Gasteiger partial charge is 0.255 e. The van der Waals surface area contributed by atoms with Crippen molar-refractivity contribution >= 4 is 10.8 Å². The molecule has 2 aromatic carbocycles. The molecule has 0 heterocycles. The van der Waals surface area contributed by atoms with Crippen LogP contribution >= 0.6 is 0 Å². The minimum Gasteiger partial charge on any atom is -0.255 e. The van der Waals surface area contributed by atoms with E-state index >= 15 is 0 Å². The SMILES string of the molecule is CC.Cc1cccc(-c2cccc(S(C)=O)c2)c1F. The van der Waals surface area contributed by atoms with Crippen molar-refractivity contribution < 1.29 is 8.60 Å². The lowest BCUT2D eigenvalue weighted by Crippen LogP contribution is -1.91. The van der Waals surface area contributed by atoms with Crippen molar-refractivity contribution in [3.05, 3.63) is 53.8 Å². The van der Waals surface area contributed by atoms with Gasteiger partial charge in [0.2, 0.25) is 0 Å². The molecule has 0 bridgehead atoms. The van der Waals surface area contributed by atoms with E-state index in [2.05, 4.69) is 0 Å². The Morgan fingerprint density at radius 2 is 1.68 bits per heavy atom. The molecular weight excluding hydrogens is 259 g/mol. The van der Waals surface area contributed by atoms with E-state index in [1.165, 1.54) is 0 Å².